The lowest BCUT2D eigenvalue weighted by atomic mass is 9.65. The number of rotatable bonds is 21. The van der Waals surface area contributed by atoms with Gasteiger partial charge < -0.3 is 5.11 Å². The Balaban J connectivity index is 1.63. The molecule has 1 nitrogen and oxygen atoms in total. The highest BCUT2D eigenvalue weighted by atomic mass is 16.3. The van der Waals surface area contributed by atoms with Gasteiger partial charge in [0.1, 0.15) is 0 Å². The van der Waals surface area contributed by atoms with Gasteiger partial charge in [-0.05, 0) is 65.4 Å². The average Bonchev–Trinajstić information content (AvgIpc) is 3.00. The summed E-state index contributed by atoms with van der Waals surface area (Å²) in [6.07, 6.45) is 28.5. The smallest absolute Gasteiger partial charge is 0.0647 e. The van der Waals surface area contributed by atoms with Gasteiger partial charge in [0, 0.05) is 0 Å². The Morgan fingerprint density at radius 1 is 0.550 bits per heavy atom. The maximum absolute atomic E-state index is 10.3. The van der Waals surface area contributed by atoms with Gasteiger partial charge in [-0.15, -0.1) is 0 Å². The SMILES string of the molecule is CCCCCCCCCCC1(CCCCCCCCCC)CCC(CO)=C(c2ccc(-c3ccccc3)cc2)C1. The predicted octanol–water partition coefficient (Wildman–Crippen LogP) is 12.3. The maximum Gasteiger partial charge on any atom is 0.0647 e. The summed E-state index contributed by atoms with van der Waals surface area (Å²) < 4.78 is 0. The number of aliphatic hydroxyl groups is 1. The quantitative estimate of drug-likeness (QED) is 0.155. The van der Waals surface area contributed by atoms with Gasteiger partial charge in [-0.3, -0.25) is 0 Å². The molecule has 0 unspecified atom stereocenters. The van der Waals surface area contributed by atoms with Crippen molar-refractivity contribution in [2.45, 2.75) is 149 Å². The Bertz CT molecular complexity index is 919. The first-order chi connectivity index (χ1) is 19.7. The lowest BCUT2D eigenvalue weighted by Crippen LogP contribution is -2.26. The molecule has 0 amide bonds. The van der Waals surface area contributed by atoms with E-state index in [2.05, 4.69) is 68.4 Å². The van der Waals surface area contributed by atoms with Gasteiger partial charge in [0.15, 0.2) is 0 Å². The van der Waals surface area contributed by atoms with Gasteiger partial charge in [-0.25, -0.2) is 0 Å². The Labute approximate surface area is 247 Å². The van der Waals surface area contributed by atoms with Crippen molar-refractivity contribution in [3.63, 3.8) is 0 Å². The van der Waals surface area contributed by atoms with E-state index in [1.807, 2.05) is 0 Å². The molecular weight excluding hydrogens is 484 g/mol. The van der Waals surface area contributed by atoms with Crippen molar-refractivity contribution in [1.29, 1.82) is 0 Å². The van der Waals surface area contributed by atoms with Gasteiger partial charge in [-0.2, -0.15) is 0 Å². The molecule has 0 aliphatic heterocycles. The second-order valence-corrected chi connectivity index (χ2v) is 12.8. The minimum atomic E-state index is 0.210. The lowest BCUT2D eigenvalue weighted by Gasteiger charge is -2.40. The van der Waals surface area contributed by atoms with Crippen molar-refractivity contribution >= 4 is 5.57 Å². The minimum Gasteiger partial charge on any atom is -0.392 e. The van der Waals surface area contributed by atoms with Crippen LogP contribution in [0.5, 0.6) is 0 Å². The molecule has 0 aromatic heterocycles. The second-order valence-electron chi connectivity index (χ2n) is 12.8. The number of aliphatic hydroxyl groups excluding tert-OH is 1. The predicted molar refractivity (Wildman–Crippen MR) is 177 cm³/mol. The van der Waals surface area contributed by atoms with Gasteiger partial charge in [0.05, 0.1) is 6.61 Å². The molecule has 40 heavy (non-hydrogen) atoms. The van der Waals surface area contributed by atoms with Crippen molar-refractivity contribution in [2.75, 3.05) is 6.61 Å². The molecule has 222 valence electrons. The summed E-state index contributed by atoms with van der Waals surface area (Å²) >= 11 is 0. The van der Waals surface area contributed by atoms with E-state index in [1.54, 1.807) is 0 Å². The van der Waals surface area contributed by atoms with E-state index in [0.717, 1.165) is 12.8 Å². The zero-order valence-corrected chi connectivity index (χ0v) is 26.2. The standard InChI is InChI=1S/C39H60O/c1-3-5-7-9-11-13-15-20-29-39(30-21-16-14-12-10-8-6-4-2)31-28-37(33-40)38(32-39)36-26-24-35(25-27-36)34-22-18-17-19-23-34/h17-19,22-27,40H,3-16,20-21,28-33H2,1-2H3. The summed E-state index contributed by atoms with van der Waals surface area (Å²) in [4.78, 5) is 0. The third kappa shape index (κ3) is 11.2. The number of allylic oxidation sites excluding steroid dienone is 1. The number of unbranched alkanes of at least 4 members (excludes halogenated alkanes) is 14. The Kier molecular flexibility index (Phi) is 15.8. The van der Waals surface area contributed by atoms with Crippen LogP contribution in [-0.4, -0.2) is 11.7 Å². The fraction of sp³-hybridized carbons (Fsp3) is 0.641. The Hall–Kier alpha value is -1.86. The van der Waals surface area contributed by atoms with Crippen LogP contribution in [-0.2, 0) is 0 Å². The van der Waals surface area contributed by atoms with E-state index in [-0.39, 0.29) is 6.61 Å². The third-order valence-corrected chi connectivity index (χ3v) is 9.59. The first-order valence-electron chi connectivity index (χ1n) is 17.2. The van der Waals surface area contributed by atoms with Crippen LogP contribution in [0.3, 0.4) is 0 Å². The third-order valence-electron chi connectivity index (χ3n) is 9.59. The van der Waals surface area contributed by atoms with Crippen LogP contribution in [0.15, 0.2) is 60.2 Å². The van der Waals surface area contributed by atoms with Crippen LogP contribution in [0, 0.1) is 5.41 Å². The van der Waals surface area contributed by atoms with E-state index in [9.17, 15) is 5.11 Å². The monoisotopic (exact) mass is 544 g/mol. The Morgan fingerprint density at radius 2 is 1.00 bits per heavy atom. The van der Waals surface area contributed by atoms with Crippen molar-refractivity contribution < 1.29 is 5.11 Å². The average molecular weight is 545 g/mol. The summed E-state index contributed by atoms with van der Waals surface area (Å²) in [7, 11) is 0. The molecule has 2 aromatic carbocycles. The molecule has 0 fully saturated rings. The van der Waals surface area contributed by atoms with Crippen LogP contribution >= 0.6 is 0 Å². The van der Waals surface area contributed by atoms with Crippen LogP contribution < -0.4 is 0 Å². The van der Waals surface area contributed by atoms with E-state index < -0.39 is 0 Å². The van der Waals surface area contributed by atoms with Crippen LogP contribution in [0.25, 0.3) is 16.7 Å². The number of hydrogen-bond donors (Lipinski definition) is 1. The molecule has 0 spiro atoms. The van der Waals surface area contributed by atoms with E-state index in [0.29, 0.717) is 5.41 Å². The fourth-order valence-corrected chi connectivity index (χ4v) is 6.95. The van der Waals surface area contributed by atoms with Crippen molar-refractivity contribution in [3.8, 4) is 11.1 Å². The van der Waals surface area contributed by atoms with Crippen molar-refractivity contribution in [1.82, 2.24) is 0 Å². The highest BCUT2D eigenvalue weighted by Gasteiger charge is 2.35. The second kappa shape index (κ2) is 19.3. The van der Waals surface area contributed by atoms with Crippen LogP contribution in [0.4, 0.5) is 0 Å². The van der Waals surface area contributed by atoms with Gasteiger partial charge in [0.25, 0.3) is 0 Å². The van der Waals surface area contributed by atoms with Gasteiger partial charge in [-0.1, -0.05) is 171 Å². The van der Waals surface area contributed by atoms with E-state index in [4.69, 9.17) is 0 Å². The molecule has 2 aromatic rings. The van der Waals surface area contributed by atoms with E-state index in [1.165, 1.54) is 150 Å². The molecule has 0 atom stereocenters. The zero-order valence-electron chi connectivity index (χ0n) is 26.2. The first kappa shape index (κ1) is 32.7. The molecule has 0 bridgehead atoms. The topological polar surface area (TPSA) is 20.2 Å². The molecule has 3 rings (SSSR count). The van der Waals surface area contributed by atoms with Gasteiger partial charge in [0.2, 0.25) is 0 Å². The summed E-state index contributed by atoms with van der Waals surface area (Å²) in [5.41, 5.74) is 7.03. The zero-order chi connectivity index (χ0) is 28.3. The minimum absolute atomic E-state index is 0.210. The number of hydrogen-bond acceptors (Lipinski definition) is 1. The highest BCUT2D eigenvalue weighted by Crippen LogP contribution is 2.49. The fourth-order valence-electron chi connectivity index (χ4n) is 6.95. The van der Waals surface area contributed by atoms with Gasteiger partial charge >= 0.3 is 0 Å². The summed E-state index contributed by atoms with van der Waals surface area (Å²) in [5, 5.41) is 10.3. The summed E-state index contributed by atoms with van der Waals surface area (Å²) in [6.45, 7) is 4.82. The first-order valence-corrected chi connectivity index (χ1v) is 17.2. The molecule has 0 saturated heterocycles. The Morgan fingerprint density at radius 3 is 1.50 bits per heavy atom. The molecule has 0 saturated carbocycles. The molecular formula is C39H60O. The maximum atomic E-state index is 10.3. The normalized spacial score (nSPS) is 15.1. The van der Waals surface area contributed by atoms with Crippen LogP contribution in [0.1, 0.15) is 154 Å². The molecule has 0 heterocycles. The molecule has 1 aliphatic rings. The highest BCUT2D eigenvalue weighted by molar-refractivity contribution is 5.73. The lowest BCUT2D eigenvalue weighted by molar-refractivity contribution is 0.194. The van der Waals surface area contributed by atoms with Crippen LogP contribution in [0.2, 0.25) is 0 Å². The van der Waals surface area contributed by atoms with Crippen molar-refractivity contribution in [3.05, 3.63) is 65.7 Å². The van der Waals surface area contributed by atoms with Crippen molar-refractivity contribution in [2.24, 2.45) is 5.41 Å². The molecule has 0 radical (unpaired) electrons. The number of benzene rings is 2. The van der Waals surface area contributed by atoms with E-state index >= 15 is 0 Å². The summed E-state index contributed by atoms with van der Waals surface area (Å²) in [5.74, 6) is 0. The largest absolute Gasteiger partial charge is 0.392 e. The molecule has 1 N–H and O–H groups in total. The molecule has 1 heteroatoms. The molecule has 1 aliphatic carbocycles. The summed E-state index contributed by atoms with van der Waals surface area (Å²) in [6, 6.07) is 19.9.